The molecule has 2 nitrogen and oxygen atoms in total. The minimum absolute atomic E-state index is 0.181. The minimum atomic E-state index is -0.890. The summed E-state index contributed by atoms with van der Waals surface area (Å²) in [6.45, 7) is 16.1. The van der Waals surface area contributed by atoms with Crippen LogP contribution < -0.4 is 0 Å². The fraction of sp³-hybridized carbons (Fsp3) is 0.423. The van der Waals surface area contributed by atoms with Crippen molar-refractivity contribution in [3.05, 3.63) is 69.3 Å². The number of carboxylic acid groups (broad SMARTS) is 1. The fourth-order valence-electron chi connectivity index (χ4n) is 4.93. The Kier molecular flexibility index (Phi) is 5.04. The number of hydrogen-bond acceptors (Lipinski definition) is 1. The van der Waals surface area contributed by atoms with E-state index in [0.717, 1.165) is 5.56 Å². The molecule has 0 aromatic heterocycles. The Morgan fingerprint density at radius 3 is 2.14 bits per heavy atom. The van der Waals surface area contributed by atoms with Gasteiger partial charge in [-0.1, -0.05) is 52.0 Å². The maximum absolute atomic E-state index is 11.1. The van der Waals surface area contributed by atoms with Crippen molar-refractivity contribution in [1.82, 2.24) is 0 Å². The quantitative estimate of drug-likeness (QED) is 0.591. The van der Waals surface area contributed by atoms with Gasteiger partial charge in [-0.3, -0.25) is 0 Å². The van der Waals surface area contributed by atoms with Crippen LogP contribution in [0.1, 0.15) is 91.2 Å². The predicted octanol–water partition coefficient (Wildman–Crippen LogP) is 6.91. The summed E-state index contributed by atoms with van der Waals surface area (Å²) >= 11 is 0. The van der Waals surface area contributed by atoms with Gasteiger partial charge in [0, 0.05) is 0 Å². The van der Waals surface area contributed by atoms with Crippen molar-refractivity contribution in [1.29, 1.82) is 0 Å². The molecule has 0 unspecified atom stereocenters. The summed E-state index contributed by atoms with van der Waals surface area (Å²) in [6, 6.07) is 9.49. The van der Waals surface area contributed by atoms with Crippen LogP contribution in [0.2, 0.25) is 0 Å². The van der Waals surface area contributed by atoms with Gasteiger partial charge >= 0.3 is 5.97 Å². The molecular formula is C26H32O2. The molecule has 2 aromatic carbocycles. The lowest BCUT2D eigenvalue weighted by molar-refractivity contribution is 0.0697. The molecule has 0 saturated carbocycles. The number of hydrogen-bond donors (Lipinski definition) is 1. The van der Waals surface area contributed by atoms with E-state index in [-0.39, 0.29) is 10.8 Å². The molecule has 3 rings (SSSR count). The lowest BCUT2D eigenvalue weighted by Gasteiger charge is -2.44. The van der Waals surface area contributed by atoms with Crippen molar-refractivity contribution >= 4 is 17.6 Å². The average molecular weight is 377 g/mol. The van der Waals surface area contributed by atoms with Crippen molar-refractivity contribution in [2.24, 2.45) is 0 Å². The third-order valence-corrected chi connectivity index (χ3v) is 6.49. The molecule has 0 fully saturated rings. The number of fused-ring (bicyclic) bond motifs is 1. The summed E-state index contributed by atoms with van der Waals surface area (Å²) in [4.78, 5) is 11.1. The highest BCUT2D eigenvalue weighted by molar-refractivity contribution is 5.89. The van der Waals surface area contributed by atoms with Gasteiger partial charge in [0.25, 0.3) is 0 Å². The van der Waals surface area contributed by atoms with E-state index in [9.17, 15) is 4.79 Å². The summed E-state index contributed by atoms with van der Waals surface area (Å²) in [5.74, 6) is -0.890. The summed E-state index contributed by atoms with van der Waals surface area (Å²) in [5, 5.41) is 9.10. The van der Waals surface area contributed by atoms with Crippen LogP contribution in [0.5, 0.6) is 0 Å². The highest BCUT2D eigenvalue weighted by Gasteiger charge is 2.39. The molecule has 0 saturated heterocycles. The maximum Gasteiger partial charge on any atom is 0.335 e. The topological polar surface area (TPSA) is 37.3 Å². The van der Waals surface area contributed by atoms with Crippen molar-refractivity contribution < 1.29 is 9.90 Å². The van der Waals surface area contributed by atoms with E-state index >= 15 is 0 Å². The van der Waals surface area contributed by atoms with Crippen LogP contribution in [-0.2, 0) is 10.8 Å². The van der Waals surface area contributed by atoms with Gasteiger partial charge in [0.15, 0.2) is 0 Å². The highest BCUT2D eigenvalue weighted by Crippen LogP contribution is 2.49. The molecule has 28 heavy (non-hydrogen) atoms. The third kappa shape index (κ3) is 3.53. The van der Waals surface area contributed by atoms with Gasteiger partial charge in [0.2, 0.25) is 0 Å². The Bertz CT molecular complexity index is 957. The Labute approximate surface area is 169 Å². The minimum Gasteiger partial charge on any atom is -0.478 e. The summed E-state index contributed by atoms with van der Waals surface area (Å²) < 4.78 is 0. The van der Waals surface area contributed by atoms with Gasteiger partial charge in [0.05, 0.1) is 5.56 Å². The normalized spacial score (nSPS) is 17.9. The Balaban J connectivity index is 2.13. The zero-order chi connectivity index (χ0) is 20.9. The van der Waals surface area contributed by atoms with Crippen LogP contribution in [0.25, 0.3) is 11.6 Å². The molecule has 1 aliphatic carbocycles. The number of aromatic carboxylic acids is 1. The molecule has 0 radical (unpaired) electrons. The molecule has 0 bridgehead atoms. The molecule has 148 valence electrons. The van der Waals surface area contributed by atoms with E-state index in [2.05, 4.69) is 60.6 Å². The molecule has 0 spiro atoms. The molecule has 0 amide bonds. The molecule has 2 heteroatoms. The second-order valence-corrected chi connectivity index (χ2v) is 9.64. The van der Waals surface area contributed by atoms with Gasteiger partial charge in [-0.25, -0.2) is 4.79 Å². The Hall–Kier alpha value is -2.35. The van der Waals surface area contributed by atoms with E-state index in [4.69, 9.17) is 5.11 Å². The maximum atomic E-state index is 11.1. The largest absolute Gasteiger partial charge is 0.478 e. The number of carboxylic acids is 1. The van der Waals surface area contributed by atoms with E-state index in [1.54, 1.807) is 12.1 Å². The molecule has 0 aliphatic heterocycles. The monoisotopic (exact) mass is 376 g/mol. The number of rotatable bonds is 3. The van der Waals surface area contributed by atoms with Gasteiger partial charge in [-0.15, -0.1) is 0 Å². The van der Waals surface area contributed by atoms with Crippen LogP contribution in [0, 0.1) is 13.8 Å². The third-order valence-electron chi connectivity index (χ3n) is 6.49. The second-order valence-electron chi connectivity index (χ2n) is 9.64. The van der Waals surface area contributed by atoms with Gasteiger partial charge in [-0.05, 0) is 95.5 Å². The fourth-order valence-corrected chi connectivity index (χ4v) is 4.93. The zero-order valence-corrected chi connectivity index (χ0v) is 18.2. The van der Waals surface area contributed by atoms with E-state index < -0.39 is 5.97 Å². The summed E-state index contributed by atoms with van der Waals surface area (Å²) in [5.41, 5.74) is 10.0. The summed E-state index contributed by atoms with van der Waals surface area (Å²) in [7, 11) is 0. The smallest absolute Gasteiger partial charge is 0.335 e. The first-order valence-corrected chi connectivity index (χ1v) is 10.1. The summed E-state index contributed by atoms with van der Waals surface area (Å²) in [6.07, 6.45) is 4.58. The van der Waals surface area contributed by atoms with Crippen molar-refractivity contribution in [2.45, 2.75) is 72.1 Å². The lowest BCUT2D eigenvalue weighted by atomic mass is 9.61. The van der Waals surface area contributed by atoms with Crippen LogP contribution in [0.15, 0.2) is 30.3 Å². The highest BCUT2D eigenvalue weighted by atomic mass is 16.4. The van der Waals surface area contributed by atoms with Gasteiger partial charge < -0.3 is 5.11 Å². The standard InChI is InChI=1S/C26H32O2/c1-16(14-19-8-10-20(11-9-19)24(27)28)22-17(2)15-21-23(18(22)3)26(6,7)13-12-25(21,4)5/h8-11,14-15H,12-13H2,1-7H3,(H,27,28). The van der Waals surface area contributed by atoms with Crippen LogP contribution >= 0.6 is 0 Å². The van der Waals surface area contributed by atoms with Crippen molar-refractivity contribution in [3.8, 4) is 0 Å². The predicted molar refractivity (Wildman–Crippen MR) is 118 cm³/mol. The Morgan fingerprint density at radius 1 is 1.00 bits per heavy atom. The number of aryl methyl sites for hydroxylation is 1. The molecule has 0 heterocycles. The number of allylic oxidation sites excluding steroid dienone is 1. The zero-order valence-electron chi connectivity index (χ0n) is 18.2. The first-order valence-electron chi connectivity index (χ1n) is 10.1. The first-order chi connectivity index (χ1) is 12.9. The van der Waals surface area contributed by atoms with Crippen LogP contribution in [-0.4, -0.2) is 11.1 Å². The van der Waals surface area contributed by atoms with Gasteiger partial charge in [-0.2, -0.15) is 0 Å². The molecule has 2 aromatic rings. The molecule has 0 atom stereocenters. The van der Waals surface area contributed by atoms with E-state index in [0.29, 0.717) is 5.56 Å². The molecule has 1 aliphatic rings. The second kappa shape index (κ2) is 6.92. The van der Waals surface area contributed by atoms with E-state index in [1.165, 1.54) is 46.2 Å². The first kappa shape index (κ1) is 20.4. The molecular weight excluding hydrogens is 344 g/mol. The van der Waals surface area contributed by atoms with E-state index in [1.807, 2.05) is 12.1 Å². The van der Waals surface area contributed by atoms with Crippen LogP contribution in [0.4, 0.5) is 0 Å². The number of benzene rings is 2. The van der Waals surface area contributed by atoms with Crippen LogP contribution in [0.3, 0.4) is 0 Å². The number of carbonyl (C=O) groups is 1. The Morgan fingerprint density at radius 2 is 1.57 bits per heavy atom. The lowest BCUT2D eigenvalue weighted by Crippen LogP contribution is -2.35. The SMILES string of the molecule is CC(=Cc1ccc(C(=O)O)cc1)c1c(C)cc2c(c1C)C(C)(C)CCC2(C)C. The van der Waals surface area contributed by atoms with Crippen molar-refractivity contribution in [3.63, 3.8) is 0 Å². The van der Waals surface area contributed by atoms with Crippen molar-refractivity contribution in [2.75, 3.05) is 0 Å². The van der Waals surface area contributed by atoms with Gasteiger partial charge in [0.1, 0.15) is 0 Å². The average Bonchev–Trinajstić information content (AvgIpc) is 2.59. The molecule has 1 N–H and O–H groups in total.